The lowest BCUT2D eigenvalue weighted by atomic mass is 10.2. The van der Waals surface area contributed by atoms with Gasteiger partial charge in [0.1, 0.15) is 0 Å². The van der Waals surface area contributed by atoms with Gasteiger partial charge in [-0.1, -0.05) is 12.1 Å². The molecule has 0 fully saturated rings. The van der Waals surface area contributed by atoms with Gasteiger partial charge in [-0.15, -0.1) is 0 Å². The lowest BCUT2D eigenvalue weighted by molar-refractivity contribution is 0.282. The third kappa shape index (κ3) is 2.69. The lowest BCUT2D eigenvalue weighted by Gasteiger charge is -2.09. The number of hydrogen-bond donors (Lipinski definition) is 3. The summed E-state index contributed by atoms with van der Waals surface area (Å²) in [6.07, 6.45) is 1.33. The molecule has 2 aromatic rings. The summed E-state index contributed by atoms with van der Waals surface area (Å²) in [5, 5.41) is 8.83. The number of nitrogens with two attached hydrogens (primary N) is 1. The maximum atomic E-state index is 12.2. The van der Waals surface area contributed by atoms with Crippen molar-refractivity contribution >= 4 is 21.5 Å². The zero-order valence-corrected chi connectivity index (χ0v) is 11.1. The fourth-order valence-electron chi connectivity index (χ4n) is 1.65. The molecule has 1 heterocycles. The molecule has 2 rings (SSSR count). The van der Waals surface area contributed by atoms with Crippen LogP contribution in [0.25, 0.3) is 0 Å². The Kier molecular flexibility index (Phi) is 3.45. The van der Waals surface area contributed by atoms with Crippen molar-refractivity contribution in [2.24, 2.45) is 7.05 Å². The predicted molar refractivity (Wildman–Crippen MR) is 70.8 cm³/mol. The van der Waals surface area contributed by atoms with Crippen molar-refractivity contribution in [3.63, 3.8) is 0 Å². The highest BCUT2D eigenvalue weighted by atomic mass is 32.2. The number of aromatic nitrogens is 2. The second-order valence-corrected chi connectivity index (χ2v) is 5.60. The molecular formula is C11H14N4O3S. The molecule has 0 aliphatic carbocycles. The number of nitrogens with zero attached hydrogens (tertiary/aromatic N) is 2. The smallest absolute Gasteiger partial charge is 0.281 e. The summed E-state index contributed by atoms with van der Waals surface area (Å²) < 4.78 is 28.1. The standard InChI is InChI=1S/C11H14N4O3S/c1-15-7-13-10(12)11(15)19(17,18)14-9-4-2-8(6-16)3-5-9/h2-5,7,14,16H,6,12H2,1H3. The van der Waals surface area contributed by atoms with Crippen LogP contribution in [0, 0.1) is 0 Å². The van der Waals surface area contributed by atoms with E-state index in [9.17, 15) is 8.42 Å². The van der Waals surface area contributed by atoms with Crippen molar-refractivity contribution < 1.29 is 13.5 Å². The average Bonchev–Trinajstić information content (AvgIpc) is 2.70. The van der Waals surface area contributed by atoms with Gasteiger partial charge >= 0.3 is 0 Å². The Hall–Kier alpha value is -2.06. The highest BCUT2D eigenvalue weighted by Gasteiger charge is 2.22. The molecule has 0 bridgehead atoms. The number of nitrogens with one attached hydrogen (secondary N) is 1. The number of nitrogen functional groups attached to an aromatic ring is 1. The van der Waals surface area contributed by atoms with Crippen LogP contribution in [-0.4, -0.2) is 23.1 Å². The minimum Gasteiger partial charge on any atom is -0.392 e. The molecule has 4 N–H and O–H groups in total. The predicted octanol–water partition coefficient (Wildman–Crippen LogP) is 0.295. The zero-order valence-electron chi connectivity index (χ0n) is 10.2. The molecule has 0 aliphatic heterocycles. The fourth-order valence-corrected chi connectivity index (χ4v) is 2.94. The van der Waals surface area contributed by atoms with E-state index in [1.807, 2.05) is 0 Å². The van der Waals surface area contributed by atoms with Crippen LogP contribution in [-0.2, 0) is 23.7 Å². The number of aliphatic hydroxyl groups is 1. The van der Waals surface area contributed by atoms with Crippen LogP contribution in [0.5, 0.6) is 0 Å². The molecule has 0 saturated heterocycles. The Morgan fingerprint density at radius 2 is 2.00 bits per heavy atom. The van der Waals surface area contributed by atoms with E-state index in [1.165, 1.54) is 10.9 Å². The summed E-state index contributed by atoms with van der Waals surface area (Å²) in [7, 11) is -2.24. The van der Waals surface area contributed by atoms with Crippen LogP contribution in [0.2, 0.25) is 0 Å². The van der Waals surface area contributed by atoms with Gasteiger partial charge in [-0.25, -0.2) is 4.98 Å². The first-order valence-electron chi connectivity index (χ1n) is 5.43. The maximum Gasteiger partial charge on any atom is 0.281 e. The lowest BCUT2D eigenvalue weighted by Crippen LogP contribution is -2.17. The fraction of sp³-hybridized carbons (Fsp3) is 0.182. The summed E-state index contributed by atoms with van der Waals surface area (Å²) in [5.74, 6) is -0.0537. The number of hydrogen-bond acceptors (Lipinski definition) is 5. The molecule has 0 radical (unpaired) electrons. The highest BCUT2D eigenvalue weighted by molar-refractivity contribution is 7.92. The van der Waals surface area contributed by atoms with Crippen LogP contribution < -0.4 is 10.5 Å². The largest absolute Gasteiger partial charge is 0.392 e. The van der Waals surface area contributed by atoms with Crippen LogP contribution in [0.1, 0.15) is 5.56 Å². The third-order valence-corrected chi connectivity index (χ3v) is 4.06. The van der Waals surface area contributed by atoms with Gasteiger partial charge in [0.25, 0.3) is 10.0 Å². The topological polar surface area (TPSA) is 110 Å². The summed E-state index contributed by atoms with van der Waals surface area (Å²) in [5.41, 5.74) is 6.63. The van der Waals surface area contributed by atoms with E-state index < -0.39 is 10.0 Å². The molecule has 0 aliphatic rings. The van der Waals surface area contributed by atoms with E-state index in [1.54, 1.807) is 31.3 Å². The maximum absolute atomic E-state index is 12.2. The first kappa shape index (κ1) is 13.4. The quantitative estimate of drug-likeness (QED) is 0.746. The second-order valence-electron chi connectivity index (χ2n) is 4.01. The van der Waals surface area contributed by atoms with E-state index in [2.05, 4.69) is 9.71 Å². The van der Waals surface area contributed by atoms with Gasteiger partial charge in [-0.3, -0.25) is 4.72 Å². The van der Waals surface area contributed by atoms with Gasteiger partial charge in [0.05, 0.1) is 12.9 Å². The van der Waals surface area contributed by atoms with Crippen molar-refractivity contribution in [2.75, 3.05) is 10.5 Å². The van der Waals surface area contributed by atoms with Gasteiger partial charge in [0, 0.05) is 12.7 Å². The number of aliphatic hydroxyl groups excluding tert-OH is 1. The molecule has 0 saturated carbocycles. The Morgan fingerprint density at radius 1 is 1.37 bits per heavy atom. The average molecular weight is 282 g/mol. The Balaban J connectivity index is 2.31. The number of benzene rings is 1. The summed E-state index contributed by atoms with van der Waals surface area (Å²) in [6.45, 7) is -0.0955. The van der Waals surface area contributed by atoms with Crippen molar-refractivity contribution in [1.82, 2.24) is 9.55 Å². The van der Waals surface area contributed by atoms with Crippen molar-refractivity contribution in [3.8, 4) is 0 Å². The third-order valence-electron chi connectivity index (χ3n) is 2.55. The Bertz CT molecular complexity index is 657. The first-order valence-corrected chi connectivity index (χ1v) is 6.92. The molecular weight excluding hydrogens is 268 g/mol. The van der Waals surface area contributed by atoms with E-state index in [0.717, 1.165) is 0 Å². The zero-order chi connectivity index (χ0) is 14.0. The second kappa shape index (κ2) is 4.90. The molecule has 0 unspecified atom stereocenters. The monoisotopic (exact) mass is 282 g/mol. The number of anilines is 2. The molecule has 7 nitrogen and oxygen atoms in total. The molecule has 1 aromatic heterocycles. The van der Waals surface area contributed by atoms with Gasteiger partial charge in [-0.05, 0) is 17.7 Å². The molecule has 19 heavy (non-hydrogen) atoms. The SMILES string of the molecule is Cn1cnc(N)c1S(=O)(=O)Nc1ccc(CO)cc1. The summed E-state index contributed by atoms with van der Waals surface area (Å²) in [4.78, 5) is 3.74. The molecule has 102 valence electrons. The van der Waals surface area contributed by atoms with E-state index >= 15 is 0 Å². The number of rotatable bonds is 4. The van der Waals surface area contributed by atoms with Crippen LogP contribution in [0.3, 0.4) is 0 Å². The van der Waals surface area contributed by atoms with Gasteiger partial charge < -0.3 is 15.4 Å². The van der Waals surface area contributed by atoms with Crippen LogP contribution in [0.4, 0.5) is 11.5 Å². The van der Waals surface area contributed by atoms with Crippen molar-refractivity contribution in [3.05, 3.63) is 36.2 Å². The first-order chi connectivity index (χ1) is 8.94. The van der Waals surface area contributed by atoms with Gasteiger partial charge in [0.15, 0.2) is 10.8 Å². The Morgan fingerprint density at radius 3 is 2.47 bits per heavy atom. The minimum absolute atomic E-state index is 0.0537. The minimum atomic E-state index is -3.79. The molecule has 0 atom stereocenters. The van der Waals surface area contributed by atoms with E-state index in [4.69, 9.17) is 10.8 Å². The Labute approximate surface area is 110 Å². The normalized spacial score (nSPS) is 11.5. The van der Waals surface area contributed by atoms with Gasteiger partial charge in [0.2, 0.25) is 0 Å². The van der Waals surface area contributed by atoms with Crippen LogP contribution >= 0.6 is 0 Å². The van der Waals surface area contributed by atoms with Gasteiger partial charge in [-0.2, -0.15) is 8.42 Å². The number of aryl methyl sites for hydroxylation is 1. The van der Waals surface area contributed by atoms with Crippen LogP contribution in [0.15, 0.2) is 35.6 Å². The van der Waals surface area contributed by atoms with E-state index in [0.29, 0.717) is 11.3 Å². The summed E-state index contributed by atoms with van der Waals surface area (Å²) in [6, 6.07) is 6.39. The molecule has 1 aromatic carbocycles. The van der Waals surface area contributed by atoms with Crippen molar-refractivity contribution in [1.29, 1.82) is 0 Å². The molecule has 8 heteroatoms. The molecule has 0 amide bonds. The highest BCUT2D eigenvalue weighted by Crippen LogP contribution is 2.20. The number of imidazole rings is 1. The van der Waals surface area contributed by atoms with E-state index in [-0.39, 0.29) is 17.5 Å². The molecule has 0 spiro atoms. The summed E-state index contributed by atoms with van der Waals surface area (Å²) >= 11 is 0. The van der Waals surface area contributed by atoms with Crippen molar-refractivity contribution in [2.45, 2.75) is 11.6 Å². The number of sulfonamides is 1.